The van der Waals surface area contributed by atoms with Crippen LogP contribution in [-0.2, 0) is 11.3 Å². The lowest BCUT2D eigenvalue weighted by Gasteiger charge is -2.36. The van der Waals surface area contributed by atoms with Crippen LogP contribution in [0.3, 0.4) is 0 Å². The summed E-state index contributed by atoms with van der Waals surface area (Å²) in [5.41, 5.74) is 1.83. The molecule has 2 aromatic rings. The van der Waals surface area contributed by atoms with Gasteiger partial charge in [-0.1, -0.05) is 18.2 Å². The quantitative estimate of drug-likeness (QED) is 0.853. The lowest BCUT2D eigenvalue weighted by Crippen LogP contribution is -2.46. The van der Waals surface area contributed by atoms with Gasteiger partial charge in [-0.15, -0.1) is 0 Å². The van der Waals surface area contributed by atoms with E-state index in [1.165, 1.54) is 6.07 Å². The Labute approximate surface area is 147 Å². The van der Waals surface area contributed by atoms with E-state index in [4.69, 9.17) is 0 Å². The highest BCUT2D eigenvalue weighted by molar-refractivity contribution is 5.83. The summed E-state index contributed by atoms with van der Waals surface area (Å²) in [7, 11) is 0. The minimum Gasteiger partial charge on any atom is -0.338 e. The number of carbonyl (C=O) groups excluding carboxylic acids is 1. The molecule has 0 N–H and O–H groups in total. The number of benzene rings is 1. The molecule has 2 aliphatic rings. The highest BCUT2D eigenvalue weighted by Gasteiger charge is 2.48. The van der Waals surface area contributed by atoms with Crippen molar-refractivity contribution in [2.24, 2.45) is 5.92 Å². The summed E-state index contributed by atoms with van der Waals surface area (Å²) in [5.74, 6) is -0.00748. The SMILES string of the molecule is Cc1cnn(CC2CCCCN2C(=O)C2CC2c2ccccc2F)c1. The molecule has 25 heavy (non-hydrogen) atoms. The zero-order valence-corrected chi connectivity index (χ0v) is 14.6. The van der Waals surface area contributed by atoms with E-state index in [1.54, 1.807) is 6.07 Å². The molecule has 5 heteroatoms. The molecule has 0 radical (unpaired) electrons. The largest absolute Gasteiger partial charge is 0.338 e. The number of hydrogen-bond donors (Lipinski definition) is 0. The fourth-order valence-electron chi connectivity index (χ4n) is 4.06. The van der Waals surface area contributed by atoms with Crippen LogP contribution >= 0.6 is 0 Å². The Balaban J connectivity index is 1.46. The molecule has 4 rings (SSSR count). The predicted octanol–water partition coefficient (Wildman–Crippen LogP) is 3.52. The van der Waals surface area contributed by atoms with Crippen LogP contribution in [0.2, 0.25) is 0 Å². The summed E-state index contributed by atoms with van der Waals surface area (Å²) in [4.78, 5) is 15.1. The Hall–Kier alpha value is -2.17. The van der Waals surface area contributed by atoms with Gasteiger partial charge in [-0.3, -0.25) is 9.48 Å². The Bertz CT molecular complexity index is 772. The van der Waals surface area contributed by atoms with Crippen molar-refractivity contribution in [2.45, 2.75) is 51.1 Å². The molecular formula is C20H24FN3O. The molecular weight excluding hydrogens is 317 g/mol. The molecule has 3 unspecified atom stereocenters. The van der Waals surface area contributed by atoms with Gasteiger partial charge in [-0.05, 0) is 55.7 Å². The summed E-state index contributed by atoms with van der Waals surface area (Å²) in [6.45, 7) is 3.58. The maximum atomic E-state index is 14.0. The van der Waals surface area contributed by atoms with E-state index in [0.29, 0.717) is 5.56 Å². The van der Waals surface area contributed by atoms with Crippen molar-refractivity contribution < 1.29 is 9.18 Å². The first-order chi connectivity index (χ1) is 12.1. The number of aryl methyl sites for hydroxylation is 1. The highest BCUT2D eigenvalue weighted by Crippen LogP contribution is 2.49. The van der Waals surface area contributed by atoms with Crippen LogP contribution in [0.4, 0.5) is 4.39 Å². The van der Waals surface area contributed by atoms with Gasteiger partial charge >= 0.3 is 0 Å². The average molecular weight is 341 g/mol. The van der Waals surface area contributed by atoms with Gasteiger partial charge in [-0.25, -0.2) is 4.39 Å². The van der Waals surface area contributed by atoms with Gasteiger partial charge in [-0.2, -0.15) is 5.10 Å². The van der Waals surface area contributed by atoms with Crippen LogP contribution in [0.5, 0.6) is 0 Å². The number of nitrogens with zero attached hydrogens (tertiary/aromatic N) is 3. The number of halogens is 1. The molecule has 1 saturated carbocycles. The third kappa shape index (κ3) is 3.32. The summed E-state index contributed by atoms with van der Waals surface area (Å²) in [6, 6.07) is 7.04. The van der Waals surface area contributed by atoms with Crippen LogP contribution in [0.15, 0.2) is 36.7 Å². The van der Waals surface area contributed by atoms with Crippen molar-refractivity contribution in [2.75, 3.05) is 6.54 Å². The second-order valence-corrected chi connectivity index (χ2v) is 7.39. The van der Waals surface area contributed by atoms with Gasteiger partial charge < -0.3 is 4.90 Å². The number of amides is 1. The molecule has 3 atom stereocenters. The van der Waals surface area contributed by atoms with Crippen LogP contribution in [-0.4, -0.2) is 33.2 Å². The van der Waals surface area contributed by atoms with Crippen LogP contribution in [0, 0.1) is 18.7 Å². The van der Waals surface area contributed by atoms with Crippen LogP contribution in [0.1, 0.15) is 42.7 Å². The standard InChI is InChI=1S/C20H24FN3O/c1-14-11-22-23(12-14)13-15-6-4-5-9-24(15)20(25)18-10-17(18)16-7-2-3-8-19(16)21/h2-3,7-8,11-12,15,17-18H,4-6,9-10,13H2,1H3. The summed E-state index contributed by atoms with van der Waals surface area (Å²) >= 11 is 0. The molecule has 0 bridgehead atoms. The minimum absolute atomic E-state index is 0.0447. The van der Waals surface area contributed by atoms with Crippen molar-refractivity contribution in [1.29, 1.82) is 0 Å². The number of piperidine rings is 1. The van der Waals surface area contributed by atoms with Gasteiger partial charge in [0.05, 0.1) is 18.8 Å². The van der Waals surface area contributed by atoms with Gasteiger partial charge in [0.25, 0.3) is 0 Å². The maximum absolute atomic E-state index is 14.0. The maximum Gasteiger partial charge on any atom is 0.226 e. The number of carbonyl (C=O) groups is 1. The molecule has 2 fully saturated rings. The zero-order valence-electron chi connectivity index (χ0n) is 14.6. The fourth-order valence-corrected chi connectivity index (χ4v) is 4.06. The lowest BCUT2D eigenvalue weighted by atomic mass is 10.0. The van der Waals surface area contributed by atoms with E-state index in [0.717, 1.165) is 44.3 Å². The fraction of sp³-hybridized carbons (Fsp3) is 0.500. The molecule has 0 spiro atoms. The molecule has 4 nitrogen and oxygen atoms in total. The summed E-state index contributed by atoms with van der Waals surface area (Å²) < 4.78 is 15.9. The Morgan fingerprint density at radius 2 is 2.16 bits per heavy atom. The molecule has 132 valence electrons. The summed E-state index contributed by atoms with van der Waals surface area (Å²) in [6.07, 6.45) is 7.86. The van der Waals surface area contributed by atoms with Crippen molar-refractivity contribution in [3.63, 3.8) is 0 Å². The normalized spacial score (nSPS) is 25.8. The number of hydrogen-bond acceptors (Lipinski definition) is 2. The van der Waals surface area contributed by atoms with E-state index >= 15 is 0 Å². The van der Waals surface area contributed by atoms with Crippen molar-refractivity contribution in [3.05, 3.63) is 53.6 Å². The topological polar surface area (TPSA) is 38.1 Å². The minimum atomic E-state index is -0.190. The van der Waals surface area contributed by atoms with Crippen LogP contribution < -0.4 is 0 Å². The molecule has 1 aliphatic heterocycles. The van der Waals surface area contributed by atoms with E-state index in [1.807, 2.05) is 41.0 Å². The molecule has 2 heterocycles. The number of likely N-dealkylation sites (tertiary alicyclic amines) is 1. The molecule has 1 amide bonds. The van der Waals surface area contributed by atoms with E-state index in [9.17, 15) is 9.18 Å². The van der Waals surface area contributed by atoms with Gasteiger partial charge in [0.1, 0.15) is 5.82 Å². The first-order valence-electron chi connectivity index (χ1n) is 9.17. The van der Waals surface area contributed by atoms with Gasteiger partial charge in [0.2, 0.25) is 5.91 Å². The third-order valence-electron chi connectivity index (χ3n) is 5.48. The Morgan fingerprint density at radius 1 is 1.32 bits per heavy atom. The molecule has 1 saturated heterocycles. The van der Waals surface area contributed by atoms with E-state index in [2.05, 4.69) is 5.10 Å². The smallest absolute Gasteiger partial charge is 0.226 e. The van der Waals surface area contributed by atoms with Crippen LogP contribution in [0.25, 0.3) is 0 Å². The van der Waals surface area contributed by atoms with Crippen molar-refractivity contribution in [1.82, 2.24) is 14.7 Å². The molecule has 1 aromatic carbocycles. The third-order valence-corrected chi connectivity index (χ3v) is 5.48. The molecule has 1 aromatic heterocycles. The number of rotatable bonds is 4. The van der Waals surface area contributed by atoms with Crippen molar-refractivity contribution >= 4 is 5.91 Å². The first-order valence-corrected chi connectivity index (χ1v) is 9.17. The van der Waals surface area contributed by atoms with Crippen molar-refractivity contribution in [3.8, 4) is 0 Å². The monoisotopic (exact) mass is 341 g/mol. The first kappa shape index (κ1) is 16.3. The summed E-state index contributed by atoms with van der Waals surface area (Å²) in [5, 5.41) is 4.37. The Morgan fingerprint density at radius 3 is 2.92 bits per heavy atom. The highest BCUT2D eigenvalue weighted by atomic mass is 19.1. The van der Waals surface area contributed by atoms with Gasteiger partial charge in [0.15, 0.2) is 0 Å². The Kier molecular flexibility index (Phi) is 4.32. The second-order valence-electron chi connectivity index (χ2n) is 7.39. The predicted molar refractivity (Wildman–Crippen MR) is 93.6 cm³/mol. The second kappa shape index (κ2) is 6.62. The zero-order chi connectivity index (χ0) is 17.4. The average Bonchev–Trinajstić information content (AvgIpc) is 3.30. The van der Waals surface area contributed by atoms with Gasteiger partial charge in [0, 0.05) is 18.7 Å². The van der Waals surface area contributed by atoms with E-state index in [-0.39, 0.29) is 29.6 Å². The number of aromatic nitrogens is 2. The lowest BCUT2D eigenvalue weighted by molar-refractivity contribution is -0.136. The molecule has 1 aliphatic carbocycles. The van der Waals surface area contributed by atoms with E-state index < -0.39 is 0 Å².